The van der Waals surface area contributed by atoms with Crippen LogP contribution in [0.3, 0.4) is 0 Å². The molecule has 5 heteroatoms. The molecule has 2 aromatic heterocycles. The van der Waals surface area contributed by atoms with Crippen LogP contribution in [0.5, 0.6) is 0 Å². The molecule has 4 nitrogen and oxygen atoms in total. The molecule has 148 valence electrons. The topological polar surface area (TPSA) is 41.3 Å². The summed E-state index contributed by atoms with van der Waals surface area (Å²) in [4.78, 5) is 7.42. The summed E-state index contributed by atoms with van der Waals surface area (Å²) in [5.41, 5.74) is 8.29. The highest BCUT2D eigenvalue weighted by Crippen LogP contribution is 2.36. The Morgan fingerprint density at radius 2 is 1.68 bits per heavy atom. The molecule has 0 atom stereocenters. The van der Waals surface area contributed by atoms with Gasteiger partial charge in [-0.25, -0.2) is 4.98 Å². The van der Waals surface area contributed by atoms with Crippen molar-refractivity contribution in [1.82, 2.24) is 9.55 Å². The Morgan fingerprint density at radius 1 is 1.04 bits per heavy atom. The summed E-state index contributed by atoms with van der Waals surface area (Å²) < 4.78 is 3.37. The van der Waals surface area contributed by atoms with Gasteiger partial charge in [0.25, 0.3) is 0 Å². The van der Waals surface area contributed by atoms with Crippen LogP contribution in [0, 0.1) is 33.6 Å². The lowest BCUT2D eigenvalue weighted by molar-refractivity contribution is 0.203. The van der Waals surface area contributed by atoms with Crippen LogP contribution in [0.25, 0.3) is 16.7 Å². The molecule has 1 saturated heterocycles. The number of nitrogens with zero attached hydrogens (tertiary/aromatic N) is 3. The zero-order valence-corrected chi connectivity index (χ0v) is 18.7. The number of aliphatic hydroxyl groups is 1. The van der Waals surface area contributed by atoms with Crippen molar-refractivity contribution < 1.29 is 5.11 Å². The zero-order valence-electron chi connectivity index (χ0n) is 17.1. The summed E-state index contributed by atoms with van der Waals surface area (Å²) in [5.74, 6) is 0.438. The summed E-state index contributed by atoms with van der Waals surface area (Å²) in [6.45, 7) is 10.9. The van der Waals surface area contributed by atoms with Gasteiger partial charge in [0, 0.05) is 47.1 Å². The van der Waals surface area contributed by atoms with Crippen molar-refractivity contribution >= 4 is 32.7 Å². The number of hydrogen-bond donors (Lipinski definition) is 1. The van der Waals surface area contributed by atoms with Crippen molar-refractivity contribution in [2.45, 2.75) is 40.5 Å². The predicted molar refractivity (Wildman–Crippen MR) is 120 cm³/mol. The smallest absolute Gasteiger partial charge is 0.147 e. The molecule has 28 heavy (non-hydrogen) atoms. The first-order valence-corrected chi connectivity index (χ1v) is 10.8. The average Bonchev–Trinajstić information content (AvgIpc) is 2.96. The molecule has 4 rings (SSSR count). The van der Waals surface area contributed by atoms with Crippen molar-refractivity contribution in [2.75, 3.05) is 24.6 Å². The van der Waals surface area contributed by atoms with E-state index in [0.29, 0.717) is 12.5 Å². The molecule has 0 aliphatic carbocycles. The van der Waals surface area contributed by atoms with Crippen LogP contribution in [0.1, 0.15) is 35.2 Å². The van der Waals surface area contributed by atoms with E-state index in [2.05, 4.69) is 77.5 Å². The normalized spacial score (nSPS) is 15.6. The van der Waals surface area contributed by atoms with Crippen LogP contribution in [-0.4, -0.2) is 34.4 Å². The molecule has 3 aromatic rings. The molecule has 0 unspecified atom stereocenters. The fourth-order valence-corrected chi connectivity index (χ4v) is 5.26. The van der Waals surface area contributed by atoms with Gasteiger partial charge in [0.1, 0.15) is 5.65 Å². The fourth-order valence-electron chi connectivity index (χ4n) is 4.57. The maximum absolute atomic E-state index is 9.47. The van der Waals surface area contributed by atoms with Crippen LogP contribution in [0.2, 0.25) is 0 Å². The summed E-state index contributed by atoms with van der Waals surface area (Å²) in [6.07, 6.45) is 4.32. The Kier molecular flexibility index (Phi) is 5.23. The number of aliphatic hydroxyl groups excluding tert-OH is 1. The Hall–Kier alpha value is -1.85. The third-order valence-electron chi connectivity index (χ3n) is 5.96. The molecule has 1 aliphatic rings. The van der Waals surface area contributed by atoms with Crippen LogP contribution in [0.4, 0.5) is 5.69 Å². The number of aromatic nitrogens is 2. The maximum Gasteiger partial charge on any atom is 0.147 e. The number of rotatable bonds is 3. The van der Waals surface area contributed by atoms with E-state index in [-0.39, 0.29) is 0 Å². The molecular weight excluding hydrogens is 414 g/mol. The van der Waals surface area contributed by atoms with Gasteiger partial charge in [-0.2, -0.15) is 0 Å². The van der Waals surface area contributed by atoms with Crippen LogP contribution < -0.4 is 4.90 Å². The van der Waals surface area contributed by atoms with Gasteiger partial charge in [0.15, 0.2) is 0 Å². The average molecular weight is 442 g/mol. The molecule has 0 saturated carbocycles. The van der Waals surface area contributed by atoms with Crippen molar-refractivity contribution in [3.8, 4) is 5.69 Å². The maximum atomic E-state index is 9.47. The molecule has 0 radical (unpaired) electrons. The van der Waals surface area contributed by atoms with E-state index in [1.807, 2.05) is 0 Å². The van der Waals surface area contributed by atoms with Gasteiger partial charge in [-0.05, 0) is 81.3 Å². The van der Waals surface area contributed by atoms with E-state index in [1.54, 1.807) is 0 Å². The van der Waals surface area contributed by atoms with Gasteiger partial charge in [-0.15, -0.1) is 0 Å². The molecule has 0 bridgehead atoms. The second-order valence-corrected chi connectivity index (χ2v) is 9.08. The van der Waals surface area contributed by atoms with E-state index in [4.69, 9.17) is 4.98 Å². The molecular formula is C23H28BrN3O. The number of piperidine rings is 1. The highest BCUT2D eigenvalue weighted by atomic mass is 79.9. The van der Waals surface area contributed by atoms with Gasteiger partial charge in [-0.3, -0.25) is 0 Å². The van der Waals surface area contributed by atoms with Gasteiger partial charge in [-0.1, -0.05) is 15.9 Å². The fraction of sp³-hybridized carbons (Fsp3) is 0.435. The van der Waals surface area contributed by atoms with Gasteiger partial charge >= 0.3 is 0 Å². The number of halogens is 1. The number of benzene rings is 1. The molecule has 0 spiro atoms. The molecule has 1 N–H and O–H groups in total. The molecule has 3 heterocycles. The Morgan fingerprint density at radius 3 is 2.29 bits per heavy atom. The Balaban J connectivity index is 1.88. The largest absolute Gasteiger partial charge is 0.396 e. The minimum Gasteiger partial charge on any atom is -0.396 e. The van der Waals surface area contributed by atoms with Crippen LogP contribution in [0.15, 0.2) is 28.9 Å². The first kappa shape index (κ1) is 19.5. The van der Waals surface area contributed by atoms with Crippen LogP contribution in [-0.2, 0) is 0 Å². The minimum atomic E-state index is 0.302. The summed E-state index contributed by atoms with van der Waals surface area (Å²) in [6, 6.07) is 6.56. The Bertz CT molecular complexity index is 1010. The lowest BCUT2D eigenvalue weighted by Gasteiger charge is -2.33. The number of aryl methyl sites for hydroxylation is 4. The van der Waals surface area contributed by atoms with Gasteiger partial charge in [0.2, 0.25) is 0 Å². The molecule has 1 aliphatic heterocycles. The van der Waals surface area contributed by atoms with Crippen LogP contribution >= 0.6 is 15.9 Å². The molecule has 1 aromatic carbocycles. The first-order valence-electron chi connectivity index (χ1n) is 10.0. The monoisotopic (exact) mass is 441 g/mol. The van der Waals surface area contributed by atoms with Crippen molar-refractivity contribution in [3.05, 3.63) is 51.3 Å². The molecule has 0 amide bonds. The van der Waals surface area contributed by atoms with E-state index >= 15 is 0 Å². The highest BCUT2D eigenvalue weighted by molar-refractivity contribution is 9.10. The number of pyridine rings is 1. The second-order valence-electron chi connectivity index (χ2n) is 8.16. The van der Waals surface area contributed by atoms with Crippen molar-refractivity contribution in [1.29, 1.82) is 0 Å². The lowest BCUT2D eigenvalue weighted by Crippen LogP contribution is -2.35. The van der Waals surface area contributed by atoms with E-state index in [0.717, 1.165) is 41.7 Å². The first-order chi connectivity index (χ1) is 13.4. The summed E-state index contributed by atoms with van der Waals surface area (Å²) in [7, 11) is 0. The number of anilines is 1. The summed E-state index contributed by atoms with van der Waals surface area (Å²) >= 11 is 3.61. The third kappa shape index (κ3) is 3.35. The van der Waals surface area contributed by atoms with E-state index < -0.39 is 0 Å². The van der Waals surface area contributed by atoms with Crippen molar-refractivity contribution in [2.24, 2.45) is 5.92 Å². The van der Waals surface area contributed by atoms with Gasteiger partial charge < -0.3 is 14.6 Å². The quantitative estimate of drug-likeness (QED) is 0.604. The highest BCUT2D eigenvalue weighted by Gasteiger charge is 2.23. The number of fused-ring (bicyclic) bond motifs is 1. The summed E-state index contributed by atoms with van der Waals surface area (Å²) in [5, 5.41) is 10.7. The third-order valence-corrected chi connectivity index (χ3v) is 6.42. The van der Waals surface area contributed by atoms with E-state index in [9.17, 15) is 5.11 Å². The Labute approximate surface area is 175 Å². The standard InChI is InChI=1S/C23H28BrN3O/c1-14-9-19(24)10-15(2)22(14)27-12-16(3)21-20(11-17(4)25-23(21)27)26-7-5-18(13-28)6-8-26/h9-12,18,28H,5-8,13H2,1-4H3. The lowest BCUT2D eigenvalue weighted by atomic mass is 9.97. The predicted octanol–water partition coefficient (Wildman–Crippen LogP) is 5.23. The second kappa shape index (κ2) is 7.53. The SMILES string of the molecule is Cc1cc(N2CCC(CO)CC2)c2c(C)cn(-c3c(C)cc(Br)cc3C)c2n1. The minimum absolute atomic E-state index is 0.302. The van der Waals surface area contributed by atoms with Gasteiger partial charge in [0.05, 0.1) is 5.69 Å². The number of hydrogen-bond acceptors (Lipinski definition) is 3. The zero-order chi connectivity index (χ0) is 20.0. The van der Waals surface area contributed by atoms with E-state index in [1.165, 1.54) is 33.5 Å². The molecule has 1 fully saturated rings. The van der Waals surface area contributed by atoms with Crippen molar-refractivity contribution in [3.63, 3.8) is 0 Å².